The van der Waals surface area contributed by atoms with Crippen molar-refractivity contribution in [3.8, 4) is 0 Å². The summed E-state index contributed by atoms with van der Waals surface area (Å²) >= 11 is 0. The summed E-state index contributed by atoms with van der Waals surface area (Å²) < 4.78 is 0. The molecule has 0 aliphatic rings. The molecule has 0 unspecified atom stereocenters. The number of carbonyl (C=O) groups is 3. The molecule has 0 aliphatic carbocycles. The molecule has 0 radical (unpaired) electrons. The van der Waals surface area contributed by atoms with Gasteiger partial charge in [-0.05, 0) is 45.0 Å². The highest BCUT2D eigenvalue weighted by molar-refractivity contribution is 5.95. The highest BCUT2D eigenvalue weighted by atomic mass is 16.4. The maximum atomic E-state index is 12.1. The summed E-state index contributed by atoms with van der Waals surface area (Å²) in [7, 11) is 0. The predicted molar refractivity (Wildman–Crippen MR) is 79.6 cm³/mol. The number of urea groups is 1. The number of hydrogen-bond donors (Lipinski definition) is 2. The second-order valence-electron chi connectivity index (χ2n) is 4.99. The monoisotopic (exact) mass is 292 g/mol. The molecule has 1 aromatic rings. The molecule has 6 nitrogen and oxygen atoms in total. The fourth-order valence-electron chi connectivity index (χ4n) is 1.79. The lowest BCUT2D eigenvalue weighted by Crippen LogP contribution is -2.41. The van der Waals surface area contributed by atoms with E-state index in [9.17, 15) is 14.4 Å². The van der Waals surface area contributed by atoms with E-state index in [0.29, 0.717) is 11.3 Å². The number of amides is 2. The summed E-state index contributed by atoms with van der Waals surface area (Å²) in [5, 5.41) is 11.4. The standard InChI is InChI=1S/C15H20N2O4/c1-10(2)17(9-8-14(19)20)15(21)16-13-6-4-12(5-7-13)11(3)18/h4-7,10H,8-9H2,1-3H3,(H,16,21)(H,19,20). The summed E-state index contributed by atoms with van der Waals surface area (Å²) in [6.07, 6.45) is -0.102. The van der Waals surface area contributed by atoms with Crippen molar-refractivity contribution < 1.29 is 19.5 Å². The first-order chi connectivity index (χ1) is 9.81. The van der Waals surface area contributed by atoms with Gasteiger partial charge in [0.2, 0.25) is 0 Å². The Labute approximate surface area is 123 Å². The molecule has 1 rings (SSSR count). The number of nitrogens with one attached hydrogen (secondary N) is 1. The summed E-state index contributed by atoms with van der Waals surface area (Å²) in [6.45, 7) is 5.25. The maximum absolute atomic E-state index is 12.1. The molecule has 0 aromatic heterocycles. The number of carboxylic acids is 1. The van der Waals surface area contributed by atoms with Crippen molar-refractivity contribution in [3.63, 3.8) is 0 Å². The molecule has 0 saturated heterocycles. The summed E-state index contributed by atoms with van der Waals surface area (Å²) in [6, 6.07) is 6.08. The van der Waals surface area contributed by atoms with Crippen LogP contribution in [0.25, 0.3) is 0 Å². The van der Waals surface area contributed by atoms with Gasteiger partial charge in [-0.15, -0.1) is 0 Å². The van der Waals surface area contributed by atoms with Gasteiger partial charge in [-0.2, -0.15) is 0 Å². The van der Waals surface area contributed by atoms with Crippen LogP contribution in [-0.2, 0) is 4.79 Å². The molecule has 0 spiro atoms. The zero-order valence-electron chi connectivity index (χ0n) is 12.4. The lowest BCUT2D eigenvalue weighted by Gasteiger charge is -2.26. The topological polar surface area (TPSA) is 86.7 Å². The van der Waals surface area contributed by atoms with E-state index < -0.39 is 5.97 Å². The minimum absolute atomic E-state index is 0.0434. The van der Waals surface area contributed by atoms with Crippen LogP contribution in [0.2, 0.25) is 0 Å². The molecule has 0 saturated carbocycles. The first-order valence-corrected chi connectivity index (χ1v) is 6.71. The van der Waals surface area contributed by atoms with Gasteiger partial charge in [0.05, 0.1) is 6.42 Å². The third-order valence-corrected chi connectivity index (χ3v) is 2.99. The number of aliphatic carboxylic acids is 1. The van der Waals surface area contributed by atoms with Crippen molar-refractivity contribution in [3.05, 3.63) is 29.8 Å². The van der Waals surface area contributed by atoms with Crippen LogP contribution in [-0.4, -0.2) is 40.4 Å². The fourth-order valence-corrected chi connectivity index (χ4v) is 1.79. The molecule has 0 atom stereocenters. The van der Waals surface area contributed by atoms with Crippen molar-refractivity contribution in [2.45, 2.75) is 33.2 Å². The van der Waals surface area contributed by atoms with E-state index in [-0.39, 0.29) is 30.8 Å². The largest absolute Gasteiger partial charge is 0.481 e. The molecule has 2 amide bonds. The van der Waals surface area contributed by atoms with Crippen LogP contribution in [0.3, 0.4) is 0 Å². The average Bonchev–Trinajstić information content (AvgIpc) is 2.38. The van der Waals surface area contributed by atoms with E-state index in [4.69, 9.17) is 5.11 Å². The van der Waals surface area contributed by atoms with Gasteiger partial charge in [0.15, 0.2) is 5.78 Å². The van der Waals surface area contributed by atoms with E-state index in [1.807, 2.05) is 13.8 Å². The normalized spacial score (nSPS) is 10.3. The van der Waals surface area contributed by atoms with Crippen LogP contribution in [0.5, 0.6) is 0 Å². The molecule has 2 N–H and O–H groups in total. The highest BCUT2D eigenvalue weighted by Gasteiger charge is 2.18. The van der Waals surface area contributed by atoms with E-state index in [0.717, 1.165) is 0 Å². The predicted octanol–water partition coefficient (Wildman–Crippen LogP) is 2.61. The molecule has 0 aliphatic heterocycles. The maximum Gasteiger partial charge on any atom is 0.322 e. The van der Waals surface area contributed by atoms with Gasteiger partial charge in [0.1, 0.15) is 0 Å². The third-order valence-electron chi connectivity index (χ3n) is 2.99. The summed E-state index contributed by atoms with van der Waals surface area (Å²) in [5.74, 6) is -0.989. The Morgan fingerprint density at radius 1 is 1.19 bits per heavy atom. The minimum atomic E-state index is -0.945. The Balaban J connectivity index is 2.72. The Kier molecular flexibility index (Phi) is 5.90. The van der Waals surface area contributed by atoms with Crippen LogP contribution in [0.1, 0.15) is 37.6 Å². The van der Waals surface area contributed by atoms with E-state index >= 15 is 0 Å². The average molecular weight is 292 g/mol. The number of hydrogen-bond acceptors (Lipinski definition) is 3. The highest BCUT2D eigenvalue weighted by Crippen LogP contribution is 2.12. The molecular formula is C15H20N2O4. The molecule has 6 heteroatoms. The van der Waals surface area contributed by atoms with Crippen molar-refractivity contribution in [2.75, 3.05) is 11.9 Å². The number of carboxylic acid groups (broad SMARTS) is 1. The second-order valence-corrected chi connectivity index (χ2v) is 4.99. The first-order valence-electron chi connectivity index (χ1n) is 6.71. The number of benzene rings is 1. The van der Waals surface area contributed by atoms with Crippen molar-refractivity contribution in [2.24, 2.45) is 0 Å². The van der Waals surface area contributed by atoms with Crippen molar-refractivity contribution in [1.82, 2.24) is 4.90 Å². The van der Waals surface area contributed by atoms with E-state index in [1.165, 1.54) is 11.8 Å². The van der Waals surface area contributed by atoms with Crippen LogP contribution in [0.15, 0.2) is 24.3 Å². The molecular weight excluding hydrogens is 272 g/mol. The number of nitrogens with zero attached hydrogens (tertiary/aromatic N) is 1. The molecule has 0 bridgehead atoms. The second kappa shape index (κ2) is 7.42. The lowest BCUT2D eigenvalue weighted by molar-refractivity contribution is -0.137. The first kappa shape index (κ1) is 16.7. The van der Waals surface area contributed by atoms with Crippen molar-refractivity contribution >= 4 is 23.5 Å². The molecule has 114 valence electrons. The van der Waals surface area contributed by atoms with Crippen LogP contribution < -0.4 is 5.32 Å². The van der Waals surface area contributed by atoms with Gasteiger partial charge in [0, 0.05) is 23.8 Å². The Hall–Kier alpha value is -2.37. The third kappa shape index (κ3) is 5.25. The fraction of sp³-hybridized carbons (Fsp3) is 0.400. The quantitative estimate of drug-likeness (QED) is 0.789. The zero-order valence-corrected chi connectivity index (χ0v) is 12.4. The Morgan fingerprint density at radius 3 is 2.19 bits per heavy atom. The minimum Gasteiger partial charge on any atom is -0.481 e. The van der Waals surface area contributed by atoms with Crippen LogP contribution >= 0.6 is 0 Å². The molecule has 1 aromatic carbocycles. The number of ketones is 1. The van der Waals surface area contributed by atoms with Gasteiger partial charge in [-0.1, -0.05) is 0 Å². The number of carbonyl (C=O) groups excluding carboxylic acids is 2. The molecule has 21 heavy (non-hydrogen) atoms. The van der Waals surface area contributed by atoms with Gasteiger partial charge in [-0.3, -0.25) is 9.59 Å². The number of rotatable bonds is 6. The molecule has 0 heterocycles. The van der Waals surface area contributed by atoms with Crippen LogP contribution in [0, 0.1) is 0 Å². The van der Waals surface area contributed by atoms with E-state index in [2.05, 4.69) is 5.32 Å². The smallest absolute Gasteiger partial charge is 0.322 e. The van der Waals surface area contributed by atoms with Gasteiger partial charge in [0.25, 0.3) is 0 Å². The van der Waals surface area contributed by atoms with E-state index in [1.54, 1.807) is 24.3 Å². The van der Waals surface area contributed by atoms with Crippen molar-refractivity contribution in [1.29, 1.82) is 0 Å². The van der Waals surface area contributed by atoms with Gasteiger partial charge >= 0.3 is 12.0 Å². The van der Waals surface area contributed by atoms with Gasteiger partial charge < -0.3 is 15.3 Å². The van der Waals surface area contributed by atoms with Crippen LogP contribution in [0.4, 0.5) is 10.5 Å². The lowest BCUT2D eigenvalue weighted by atomic mass is 10.1. The Morgan fingerprint density at radius 2 is 1.76 bits per heavy atom. The summed E-state index contributed by atoms with van der Waals surface area (Å²) in [5.41, 5.74) is 1.13. The Bertz CT molecular complexity index is 523. The molecule has 0 fully saturated rings. The summed E-state index contributed by atoms with van der Waals surface area (Å²) in [4.78, 5) is 35.4. The van der Waals surface area contributed by atoms with Gasteiger partial charge in [-0.25, -0.2) is 4.79 Å². The number of anilines is 1. The zero-order chi connectivity index (χ0) is 16.0. The number of Topliss-reactive ketones (excluding diaryl/α,β-unsaturated/α-hetero) is 1. The SMILES string of the molecule is CC(=O)c1ccc(NC(=O)N(CCC(=O)O)C(C)C)cc1.